The quantitative estimate of drug-likeness (QED) is 0.847. The minimum Gasteiger partial charge on any atom is -0.337 e. The van der Waals surface area contributed by atoms with Gasteiger partial charge < -0.3 is 9.84 Å². The Morgan fingerprint density at radius 2 is 2.00 bits per heavy atom. The van der Waals surface area contributed by atoms with E-state index in [0.717, 1.165) is 18.8 Å². The van der Waals surface area contributed by atoms with Crippen LogP contribution in [0.5, 0.6) is 0 Å². The number of hydrogen-bond donors (Lipinski definition) is 1. The van der Waals surface area contributed by atoms with Crippen LogP contribution in [0.15, 0.2) is 34.9 Å². The molecule has 1 aromatic carbocycles. The van der Waals surface area contributed by atoms with Gasteiger partial charge in [-0.15, -0.1) is 0 Å². The Hall–Kier alpha value is -1.72. The van der Waals surface area contributed by atoms with E-state index in [0.29, 0.717) is 11.9 Å². The summed E-state index contributed by atoms with van der Waals surface area (Å²) in [4.78, 5) is 6.79. The first kappa shape index (κ1) is 15.7. The molecule has 0 radical (unpaired) electrons. The Bertz CT molecular complexity index is 540. The van der Waals surface area contributed by atoms with Gasteiger partial charge in [0.05, 0.1) is 0 Å². The fourth-order valence-corrected chi connectivity index (χ4v) is 2.24. The monoisotopic (exact) mass is 288 g/mol. The summed E-state index contributed by atoms with van der Waals surface area (Å²) < 4.78 is 5.52. The van der Waals surface area contributed by atoms with Crippen molar-refractivity contribution in [3.05, 3.63) is 47.6 Å². The van der Waals surface area contributed by atoms with E-state index in [1.165, 1.54) is 5.56 Å². The van der Waals surface area contributed by atoms with Crippen LogP contribution in [0.2, 0.25) is 0 Å². The Kier molecular flexibility index (Phi) is 5.47. The molecular formula is C16H24N4O. The number of nitrogens with one attached hydrogen (secondary N) is 1. The molecule has 2 unspecified atom stereocenters. The second-order valence-corrected chi connectivity index (χ2v) is 5.33. The molecule has 114 valence electrons. The third kappa shape index (κ3) is 3.89. The molecule has 2 atom stereocenters. The molecule has 2 aromatic rings. The highest BCUT2D eigenvalue weighted by molar-refractivity contribution is 5.23. The molecule has 0 amide bonds. The summed E-state index contributed by atoms with van der Waals surface area (Å²) in [6, 6.07) is 10.6. The summed E-state index contributed by atoms with van der Waals surface area (Å²) in [5.74, 6) is 1.40. The SMILES string of the molecule is CCN(C)C(c1ccccc1)c1nc(CC(C)NC)no1. The molecule has 5 nitrogen and oxygen atoms in total. The molecule has 0 spiro atoms. The van der Waals surface area contributed by atoms with Crippen molar-refractivity contribution in [2.24, 2.45) is 0 Å². The van der Waals surface area contributed by atoms with Gasteiger partial charge in [0, 0.05) is 12.5 Å². The van der Waals surface area contributed by atoms with E-state index in [9.17, 15) is 0 Å². The molecule has 0 bridgehead atoms. The van der Waals surface area contributed by atoms with E-state index < -0.39 is 0 Å². The van der Waals surface area contributed by atoms with Crippen molar-refractivity contribution in [3.8, 4) is 0 Å². The van der Waals surface area contributed by atoms with E-state index >= 15 is 0 Å². The van der Waals surface area contributed by atoms with Gasteiger partial charge in [-0.3, -0.25) is 4.90 Å². The highest BCUT2D eigenvalue weighted by atomic mass is 16.5. The lowest BCUT2D eigenvalue weighted by Gasteiger charge is -2.23. The van der Waals surface area contributed by atoms with Crippen LogP contribution in [0.25, 0.3) is 0 Å². The first-order valence-electron chi connectivity index (χ1n) is 7.40. The molecule has 1 aromatic heterocycles. The van der Waals surface area contributed by atoms with Crippen LogP contribution in [-0.4, -0.2) is 41.7 Å². The van der Waals surface area contributed by atoms with Crippen molar-refractivity contribution >= 4 is 0 Å². The lowest BCUT2D eigenvalue weighted by molar-refractivity contribution is 0.233. The van der Waals surface area contributed by atoms with Gasteiger partial charge in [-0.05, 0) is 33.1 Å². The lowest BCUT2D eigenvalue weighted by Crippen LogP contribution is -2.26. The molecule has 0 fully saturated rings. The van der Waals surface area contributed by atoms with Crippen LogP contribution < -0.4 is 5.32 Å². The normalized spacial score (nSPS) is 14.3. The van der Waals surface area contributed by atoms with Gasteiger partial charge in [0.2, 0.25) is 5.89 Å². The van der Waals surface area contributed by atoms with Crippen molar-refractivity contribution < 1.29 is 4.52 Å². The second-order valence-electron chi connectivity index (χ2n) is 5.33. The summed E-state index contributed by atoms with van der Waals surface area (Å²) in [5.41, 5.74) is 1.17. The minimum atomic E-state index is 0.00217. The smallest absolute Gasteiger partial charge is 0.248 e. The van der Waals surface area contributed by atoms with Crippen molar-refractivity contribution in [1.29, 1.82) is 0 Å². The molecule has 0 aliphatic carbocycles. The van der Waals surface area contributed by atoms with Crippen LogP contribution in [0.1, 0.15) is 37.2 Å². The highest BCUT2D eigenvalue weighted by Gasteiger charge is 2.24. The molecule has 2 rings (SSSR count). The van der Waals surface area contributed by atoms with Gasteiger partial charge in [-0.2, -0.15) is 4.98 Å². The van der Waals surface area contributed by atoms with Crippen LogP contribution in [0.3, 0.4) is 0 Å². The first-order chi connectivity index (χ1) is 10.2. The molecule has 5 heteroatoms. The number of nitrogens with zero attached hydrogens (tertiary/aromatic N) is 3. The molecule has 0 aliphatic rings. The third-order valence-corrected chi connectivity index (χ3v) is 3.75. The molecule has 1 heterocycles. The number of likely N-dealkylation sites (N-methyl/N-ethyl adjacent to an activating group) is 1. The highest BCUT2D eigenvalue weighted by Crippen LogP contribution is 2.26. The molecule has 0 saturated carbocycles. The zero-order chi connectivity index (χ0) is 15.2. The summed E-state index contributed by atoms with van der Waals surface area (Å²) in [6.45, 7) is 5.13. The number of rotatable bonds is 7. The summed E-state index contributed by atoms with van der Waals surface area (Å²) in [6.07, 6.45) is 0.761. The lowest BCUT2D eigenvalue weighted by atomic mass is 10.1. The molecular weight excluding hydrogens is 264 g/mol. The average molecular weight is 288 g/mol. The fraction of sp³-hybridized carbons (Fsp3) is 0.500. The fourth-order valence-electron chi connectivity index (χ4n) is 2.24. The summed E-state index contributed by atoms with van der Waals surface area (Å²) in [7, 11) is 4.00. The van der Waals surface area contributed by atoms with E-state index in [4.69, 9.17) is 4.52 Å². The zero-order valence-electron chi connectivity index (χ0n) is 13.2. The first-order valence-corrected chi connectivity index (χ1v) is 7.40. The molecule has 1 N–H and O–H groups in total. The van der Waals surface area contributed by atoms with Crippen molar-refractivity contribution in [1.82, 2.24) is 20.4 Å². The minimum absolute atomic E-state index is 0.00217. The van der Waals surface area contributed by atoms with Crippen molar-refractivity contribution in [2.75, 3.05) is 20.6 Å². The third-order valence-electron chi connectivity index (χ3n) is 3.75. The maximum atomic E-state index is 5.52. The Morgan fingerprint density at radius 3 is 2.62 bits per heavy atom. The second kappa shape index (κ2) is 7.33. The van der Waals surface area contributed by atoms with Crippen molar-refractivity contribution in [2.45, 2.75) is 32.4 Å². The van der Waals surface area contributed by atoms with Gasteiger partial charge in [-0.1, -0.05) is 42.4 Å². The predicted molar refractivity (Wildman–Crippen MR) is 83.1 cm³/mol. The molecule has 0 aliphatic heterocycles. The average Bonchev–Trinajstić information content (AvgIpc) is 2.96. The Labute approximate surface area is 126 Å². The van der Waals surface area contributed by atoms with Crippen molar-refractivity contribution in [3.63, 3.8) is 0 Å². The van der Waals surface area contributed by atoms with Crippen LogP contribution in [-0.2, 0) is 6.42 Å². The largest absolute Gasteiger partial charge is 0.337 e. The van der Waals surface area contributed by atoms with E-state index in [-0.39, 0.29) is 6.04 Å². The van der Waals surface area contributed by atoms with E-state index in [1.807, 2.05) is 25.2 Å². The van der Waals surface area contributed by atoms with Gasteiger partial charge in [0.15, 0.2) is 5.82 Å². The van der Waals surface area contributed by atoms with Gasteiger partial charge in [0.25, 0.3) is 0 Å². The maximum absolute atomic E-state index is 5.52. The van der Waals surface area contributed by atoms with E-state index in [1.54, 1.807) is 0 Å². The van der Waals surface area contributed by atoms with Crippen LogP contribution in [0.4, 0.5) is 0 Å². The van der Waals surface area contributed by atoms with Crippen LogP contribution >= 0.6 is 0 Å². The summed E-state index contributed by atoms with van der Waals surface area (Å²) in [5, 5.41) is 7.30. The predicted octanol–water partition coefficient (Wildman–Crippen LogP) is 2.26. The molecule has 0 saturated heterocycles. The maximum Gasteiger partial charge on any atom is 0.248 e. The Morgan fingerprint density at radius 1 is 1.29 bits per heavy atom. The molecule has 21 heavy (non-hydrogen) atoms. The van der Waals surface area contributed by atoms with Gasteiger partial charge in [0.1, 0.15) is 6.04 Å². The topological polar surface area (TPSA) is 54.2 Å². The Balaban J connectivity index is 2.26. The number of aromatic nitrogens is 2. The van der Waals surface area contributed by atoms with Gasteiger partial charge >= 0.3 is 0 Å². The van der Waals surface area contributed by atoms with Crippen LogP contribution in [0, 0.1) is 0 Å². The number of benzene rings is 1. The summed E-state index contributed by atoms with van der Waals surface area (Å²) >= 11 is 0. The van der Waals surface area contributed by atoms with Gasteiger partial charge in [-0.25, -0.2) is 0 Å². The zero-order valence-corrected chi connectivity index (χ0v) is 13.2. The van der Waals surface area contributed by atoms with E-state index in [2.05, 4.69) is 53.4 Å². The number of hydrogen-bond acceptors (Lipinski definition) is 5. The standard InChI is InChI=1S/C16H24N4O/c1-5-20(4)15(13-9-7-6-8-10-13)16-18-14(19-21-16)11-12(2)17-3/h6-10,12,15,17H,5,11H2,1-4H3.